The third-order valence-electron chi connectivity index (χ3n) is 8.01. The number of carboxylic acid groups (broad SMARTS) is 1. The lowest BCUT2D eigenvalue weighted by Gasteiger charge is -2.40. The molecule has 2 aliphatic heterocycles. The first-order valence-corrected chi connectivity index (χ1v) is 14.0. The molecule has 0 saturated carbocycles. The predicted molar refractivity (Wildman–Crippen MR) is 154 cm³/mol. The van der Waals surface area contributed by atoms with Crippen molar-refractivity contribution >= 4 is 5.97 Å². The molecule has 1 N–H and O–H groups in total. The average molecular weight is 555 g/mol. The van der Waals surface area contributed by atoms with Crippen LogP contribution in [0.4, 0.5) is 0 Å². The first-order chi connectivity index (χ1) is 20.0. The van der Waals surface area contributed by atoms with Gasteiger partial charge in [0.2, 0.25) is 5.88 Å². The largest absolute Gasteiger partial charge is 0.488 e. The minimum Gasteiger partial charge on any atom is -0.488 e. The lowest BCUT2D eigenvalue weighted by atomic mass is 9.90. The Hall–Kier alpha value is -4.21. The number of hydrogen-bond donors (Lipinski definition) is 1. The fraction of sp³-hybridized carbons (Fsp3) is 0.344. The average Bonchev–Trinajstić information content (AvgIpc) is 3.40. The van der Waals surface area contributed by atoms with Crippen molar-refractivity contribution in [1.82, 2.24) is 19.7 Å². The van der Waals surface area contributed by atoms with Gasteiger partial charge in [-0.1, -0.05) is 37.3 Å². The molecule has 0 bridgehead atoms. The van der Waals surface area contributed by atoms with Crippen LogP contribution in [0.1, 0.15) is 45.1 Å². The number of aromatic nitrogens is 3. The van der Waals surface area contributed by atoms with Gasteiger partial charge < -0.3 is 19.3 Å². The molecule has 1 fully saturated rings. The Morgan fingerprint density at radius 2 is 2.00 bits per heavy atom. The number of aryl methyl sites for hydroxylation is 2. The first-order valence-electron chi connectivity index (χ1n) is 14.0. The third kappa shape index (κ3) is 5.18. The summed E-state index contributed by atoms with van der Waals surface area (Å²) in [6.45, 7) is 8.45. The van der Waals surface area contributed by atoms with Crippen LogP contribution in [0.3, 0.4) is 0 Å². The van der Waals surface area contributed by atoms with Crippen molar-refractivity contribution in [2.24, 2.45) is 0 Å². The van der Waals surface area contributed by atoms with Gasteiger partial charge in [0.25, 0.3) is 0 Å². The number of carbonyl (C=O) groups is 1. The fourth-order valence-electron chi connectivity index (χ4n) is 5.72. The van der Waals surface area contributed by atoms with Crippen LogP contribution in [0.2, 0.25) is 0 Å². The molecule has 41 heavy (non-hydrogen) atoms. The van der Waals surface area contributed by atoms with Crippen LogP contribution in [-0.2, 0) is 30.7 Å². The van der Waals surface area contributed by atoms with Gasteiger partial charge >= 0.3 is 5.97 Å². The van der Waals surface area contributed by atoms with Crippen molar-refractivity contribution < 1.29 is 24.1 Å². The zero-order valence-corrected chi connectivity index (χ0v) is 23.6. The van der Waals surface area contributed by atoms with E-state index in [1.165, 1.54) is 40.2 Å². The highest BCUT2D eigenvalue weighted by molar-refractivity contribution is 5.90. The third-order valence-corrected chi connectivity index (χ3v) is 8.01. The minimum atomic E-state index is -1.11. The number of hydrogen-bond acceptors (Lipinski definition) is 7. The van der Waals surface area contributed by atoms with E-state index in [1.807, 2.05) is 37.3 Å². The molecular weight excluding hydrogens is 520 g/mol. The van der Waals surface area contributed by atoms with Crippen molar-refractivity contribution in [3.63, 3.8) is 0 Å². The molecule has 2 aliphatic rings. The number of ether oxygens (including phenoxy) is 3. The summed E-state index contributed by atoms with van der Waals surface area (Å²) in [7, 11) is 1.42. The Morgan fingerprint density at radius 1 is 1.17 bits per heavy atom. The number of benzene rings is 2. The van der Waals surface area contributed by atoms with Gasteiger partial charge in [0, 0.05) is 18.7 Å². The Balaban J connectivity index is 1.27. The van der Waals surface area contributed by atoms with Crippen LogP contribution in [-0.4, -0.2) is 63.7 Å². The van der Waals surface area contributed by atoms with Gasteiger partial charge in [-0.2, -0.15) is 9.78 Å². The van der Waals surface area contributed by atoms with Crippen LogP contribution >= 0.6 is 0 Å². The molecule has 0 aliphatic carbocycles. The van der Waals surface area contributed by atoms with Gasteiger partial charge in [0.05, 0.1) is 38.3 Å². The molecule has 4 aromatic rings. The van der Waals surface area contributed by atoms with E-state index in [1.54, 1.807) is 6.07 Å². The Labute approximate surface area is 239 Å². The van der Waals surface area contributed by atoms with Gasteiger partial charge in [0.1, 0.15) is 17.9 Å². The smallest absolute Gasteiger partial charge is 0.342 e. The second-order valence-corrected chi connectivity index (χ2v) is 10.6. The molecule has 0 spiro atoms. The zero-order chi connectivity index (χ0) is 28.5. The van der Waals surface area contributed by atoms with E-state index < -0.39 is 5.97 Å². The summed E-state index contributed by atoms with van der Waals surface area (Å²) in [5.41, 5.74) is 7.96. The molecule has 212 valence electrons. The van der Waals surface area contributed by atoms with Gasteiger partial charge in [-0.15, -0.1) is 0 Å². The lowest BCUT2D eigenvalue weighted by molar-refractivity contribution is -0.0695. The Bertz CT molecular complexity index is 1580. The van der Waals surface area contributed by atoms with E-state index in [-0.39, 0.29) is 11.4 Å². The maximum Gasteiger partial charge on any atom is 0.342 e. The predicted octanol–water partition coefficient (Wildman–Crippen LogP) is 4.85. The topological polar surface area (TPSA) is 98.9 Å². The molecule has 4 heterocycles. The van der Waals surface area contributed by atoms with Crippen molar-refractivity contribution in [2.45, 2.75) is 45.9 Å². The molecule has 0 amide bonds. The first kappa shape index (κ1) is 27.0. The highest BCUT2D eigenvalue weighted by atomic mass is 16.5. The molecule has 1 saturated heterocycles. The number of carboxylic acids is 1. The molecule has 9 heteroatoms. The summed E-state index contributed by atoms with van der Waals surface area (Å²) in [4.78, 5) is 18.9. The molecule has 9 nitrogen and oxygen atoms in total. The van der Waals surface area contributed by atoms with Crippen molar-refractivity contribution in [1.29, 1.82) is 0 Å². The second kappa shape index (κ2) is 11.3. The van der Waals surface area contributed by atoms with E-state index >= 15 is 0 Å². The number of para-hydroxylation sites is 1. The SMILES string of the molecule is CCc1cc(COc2c(C)cccc2-c2cccc(-n3ncc(C(=O)O)c3OC)n2)cc2c1CN(C1COC1)CC2. The van der Waals surface area contributed by atoms with Crippen LogP contribution in [0.25, 0.3) is 17.1 Å². The molecule has 0 atom stereocenters. The van der Waals surface area contributed by atoms with E-state index in [4.69, 9.17) is 19.2 Å². The Morgan fingerprint density at radius 3 is 2.73 bits per heavy atom. The quantitative estimate of drug-likeness (QED) is 0.314. The molecule has 6 rings (SSSR count). The molecule has 0 unspecified atom stereocenters. The minimum absolute atomic E-state index is 0.0273. The maximum atomic E-state index is 11.6. The monoisotopic (exact) mass is 554 g/mol. The normalized spacial score (nSPS) is 15.3. The second-order valence-electron chi connectivity index (χ2n) is 10.6. The molecular formula is C32H34N4O5. The highest BCUT2D eigenvalue weighted by Crippen LogP contribution is 2.34. The van der Waals surface area contributed by atoms with Gasteiger partial charge in [-0.25, -0.2) is 9.78 Å². The number of methoxy groups -OCH3 is 1. The summed E-state index contributed by atoms with van der Waals surface area (Å²) in [5.74, 6) is 0.218. The number of fused-ring (bicyclic) bond motifs is 1. The number of rotatable bonds is 9. The van der Waals surface area contributed by atoms with Crippen LogP contribution in [0.5, 0.6) is 11.6 Å². The van der Waals surface area contributed by atoms with Crippen LogP contribution in [0.15, 0.2) is 54.7 Å². The number of nitrogens with zero attached hydrogens (tertiary/aromatic N) is 4. The number of aromatic carboxylic acids is 1. The van der Waals surface area contributed by atoms with Crippen molar-refractivity contribution in [3.8, 4) is 28.7 Å². The summed E-state index contributed by atoms with van der Waals surface area (Å²) in [6.07, 6.45) is 3.29. The lowest BCUT2D eigenvalue weighted by Crippen LogP contribution is -2.50. The van der Waals surface area contributed by atoms with Crippen LogP contribution in [0, 0.1) is 6.92 Å². The fourth-order valence-corrected chi connectivity index (χ4v) is 5.72. The highest BCUT2D eigenvalue weighted by Gasteiger charge is 2.30. The van der Waals surface area contributed by atoms with Crippen molar-refractivity contribution in [3.05, 3.63) is 88.1 Å². The van der Waals surface area contributed by atoms with Crippen molar-refractivity contribution in [2.75, 3.05) is 26.9 Å². The van der Waals surface area contributed by atoms with Gasteiger partial charge in [0.15, 0.2) is 5.82 Å². The Kier molecular flexibility index (Phi) is 7.47. The van der Waals surface area contributed by atoms with E-state index in [2.05, 4.69) is 29.1 Å². The van der Waals surface area contributed by atoms with Crippen LogP contribution < -0.4 is 9.47 Å². The molecule has 0 radical (unpaired) electrons. The van der Waals surface area contributed by atoms with Gasteiger partial charge in [-0.3, -0.25) is 4.90 Å². The van der Waals surface area contributed by atoms with E-state index in [0.29, 0.717) is 24.2 Å². The standard InChI is InChI=1S/C32H34N4O5/c1-4-22-13-21(14-23-11-12-35(16-27(22)23)24-18-40-19-24)17-41-30-20(2)7-5-8-25(30)28-9-6-10-29(34-28)36-31(39-3)26(15-33-36)32(37)38/h5-10,13-15,24H,4,11-12,16-19H2,1-3H3,(H,37,38). The van der Waals surface area contributed by atoms with Gasteiger partial charge in [-0.05, 0) is 65.8 Å². The zero-order valence-electron chi connectivity index (χ0n) is 23.6. The summed E-state index contributed by atoms with van der Waals surface area (Å²) in [5, 5.41) is 13.7. The summed E-state index contributed by atoms with van der Waals surface area (Å²) < 4.78 is 18.7. The number of pyridine rings is 1. The summed E-state index contributed by atoms with van der Waals surface area (Å²) in [6, 6.07) is 16.7. The maximum absolute atomic E-state index is 11.6. The van der Waals surface area contributed by atoms with E-state index in [9.17, 15) is 9.90 Å². The van der Waals surface area contributed by atoms with E-state index in [0.717, 1.165) is 56.0 Å². The molecule has 2 aromatic heterocycles. The summed E-state index contributed by atoms with van der Waals surface area (Å²) >= 11 is 0. The molecule has 2 aromatic carbocycles.